The molecule has 2 aromatic rings. The molecule has 2 heterocycles. The topological polar surface area (TPSA) is 34.6 Å². The summed E-state index contributed by atoms with van der Waals surface area (Å²) in [6.07, 6.45) is 3.36. The zero-order valence-electron chi connectivity index (χ0n) is 14.0. The van der Waals surface area contributed by atoms with Crippen molar-refractivity contribution in [3.05, 3.63) is 39.8 Å². The van der Waals surface area contributed by atoms with Gasteiger partial charge in [0.25, 0.3) is 0 Å². The molecule has 4 nitrogen and oxygen atoms in total. The second-order valence-electron chi connectivity index (χ2n) is 5.82. The molecule has 0 bridgehead atoms. The van der Waals surface area contributed by atoms with Crippen molar-refractivity contribution in [1.82, 2.24) is 9.88 Å². The third-order valence-electron chi connectivity index (χ3n) is 4.43. The molecule has 1 saturated heterocycles. The smallest absolute Gasteiger partial charge is 0.123 e. The molecule has 1 atom stereocenters. The van der Waals surface area contributed by atoms with Crippen molar-refractivity contribution in [2.24, 2.45) is 0 Å². The zero-order valence-corrected chi connectivity index (χ0v) is 14.9. The number of ether oxygens (including phenoxy) is 2. The Morgan fingerprint density at radius 1 is 1.30 bits per heavy atom. The van der Waals surface area contributed by atoms with E-state index < -0.39 is 0 Å². The van der Waals surface area contributed by atoms with Crippen LogP contribution in [0.3, 0.4) is 0 Å². The Bertz CT molecular complexity index is 656. The van der Waals surface area contributed by atoms with E-state index in [9.17, 15) is 0 Å². The fourth-order valence-electron chi connectivity index (χ4n) is 3.26. The molecule has 0 aliphatic carbocycles. The highest BCUT2D eigenvalue weighted by molar-refractivity contribution is 7.09. The summed E-state index contributed by atoms with van der Waals surface area (Å²) in [5, 5.41) is 3.41. The van der Waals surface area contributed by atoms with Crippen molar-refractivity contribution >= 4 is 11.3 Å². The normalized spacial score (nSPS) is 18.3. The van der Waals surface area contributed by atoms with Crippen LogP contribution < -0.4 is 9.47 Å². The van der Waals surface area contributed by atoms with Crippen molar-refractivity contribution < 1.29 is 9.47 Å². The maximum absolute atomic E-state index is 5.58. The fraction of sp³-hybridized carbons (Fsp3) is 0.500. The highest BCUT2D eigenvalue weighted by Crippen LogP contribution is 2.39. The highest BCUT2D eigenvalue weighted by Gasteiger charge is 2.29. The van der Waals surface area contributed by atoms with E-state index in [0.717, 1.165) is 37.4 Å². The SMILES string of the molecule is CCc1nc(CN2CCCC2c2cc(OC)ccc2OC)cs1. The molecule has 1 aromatic heterocycles. The molecule has 1 aliphatic rings. The molecule has 0 spiro atoms. The van der Waals surface area contributed by atoms with Crippen LogP contribution in [0.4, 0.5) is 0 Å². The Labute approximate surface area is 142 Å². The molecule has 1 aliphatic heterocycles. The van der Waals surface area contributed by atoms with Crippen molar-refractivity contribution in [3.8, 4) is 11.5 Å². The first-order chi connectivity index (χ1) is 11.2. The number of methoxy groups -OCH3 is 2. The van der Waals surface area contributed by atoms with Gasteiger partial charge < -0.3 is 9.47 Å². The zero-order chi connectivity index (χ0) is 16.2. The first-order valence-electron chi connectivity index (χ1n) is 8.14. The van der Waals surface area contributed by atoms with Crippen LogP contribution in [0.2, 0.25) is 0 Å². The third kappa shape index (κ3) is 3.51. The standard InChI is InChI=1S/C18H24N2O2S/c1-4-18-19-13(12-23-18)11-20-9-5-6-16(20)15-10-14(21-2)7-8-17(15)22-3/h7-8,10,12,16H,4-6,9,11H2,1-3H3. The quantitative estimate of drug-likeness (QED) is 0.799. The molecule has 3 rings (SSSR count). The average Bonchev–Trinajstić information content (AvgIpc) is 3.23. The molecule has 5 heteroatoms. The minimum Gasteiger partial charge on any atom is -0.497 e. The van der Waals surface area contributed by atoms with Crippen LogP contribution in [0.1, 0.15) is 42.1 Å². The van der Waals surface area contributed by atoms with Crippen LogP contribution in [-0.2, 0) is 13.0 Å². The van der Waals surface area contributed by atoms with Crippen LogP contribution in [0, 0.1) is 0 Å². The summed E-state index contributed by atoms with van der Waals surface area (Å²) in [6, 6.07) is 6.44. The Hall–Kier alpha value is -1.59. The maximum atomic E-state index is 5.58. The van der Waals surface area contributed by atoms with Crippen LogP contribution >= 0.6 is 11.3 Å². The monoisotopic (exact) mass is 332 g/mol. The summed E-state index contributed by atoms with van der Waals surface area (Å²) >= 11 is 1.76. The summed E-state index contributed by atoms with van der Waals surface area (Å²) in [6.45, 7) is 4.16. The maximum Gasteiger partial charge on any atom is 0.123 e. The lowest BCUT2D eigenvalue weighted by atomic mass is 10.0. The molecule has 1 aromatic carbocycles. The van der Waals surface area contributed by atoms with Gasteiger partial charge in [-0.25, -0.2) is 4.98 Å². The molecule has 0 radical (unpaired) electrons. The van der Waals surface area contributed by atoms with Crippen LogP contribution in [0.15, 0.2) is 23.6 Å². The molecule has 0 N–H and O–H groups in total. The Morgan fingerprint density at radius 3 is 2.87 bits per heavy atom. The number of rotatable bonds is 6. The lowest BCUT2D eigenvalue weighted by molar-refractivity contribution is 0.240. The van der Waals surface area contributed by atoms with E-state index in [1.54, 1.807) is 25.6 Å². The Kier molecular flexibility index (Phi) is 5.18. The van der Waals surface area contributed by atoms with Crippen LogP contribution in [-0.4, -0.2) is 30.6 Å². The number of aryl methyl sites for hydroxylation is 1. The number of likely N-dealkylation sites (tertiary alicyclic amines) is 1. The Morgan fingerprint density at radius 2 is 2.17 bits per heavy atom. The van der Waals surface area contributed by atoms with E-state index in [0.29, 0.717) is 6.04 Å². The third-order valence-corrected chi connectivity index (χ3v) is 5.47. The van der Waals surface area contributed by atoms with Gasteiger partial charge in [0, 0.05) is 23.5 Å². The van der Waals surface area contributed by atoms with Gasteiger partial charge in [-0.1, -0.05) is 6.92 Å². The molecule has 23 heavy (non-hydrogen) atoms. The average molecular weight is 332 g/mol. The lowest BCUT2D eigenvalue weighted by Crippen LogP contribution is -2.23. The van der Waals surface area contributed by atoms with E-state index in [-0.39, 0.29) is 0 Å². The molecular formula is C18H24N2O2S. The van der Waals surface area contributed by atoms with Gasteiger partial charge in [0.15, 0.2) is 0 Å². The van der Waals surface area contributed by atoms with Crippen LogP contribution in [0.5, 0.6) is 11.5 Å². The predicted octanol–water partition coefficient (Wildman–Crippen LogP) is 4.06. The van der Waals surface area contributed by atoms with Gasteiger partial charge in [-0.15, -0.1) is 11.3 Å². The van der Waals surface area contributed by atoms with E-state index in [2.05, 4.69) is 23.3 Å². The van der Waals surface area contributed by atoms with Gasteiger partial charge in [-0.3, -0.25) is 4.90 Å². The molecule has 1 unspecified atom stereocenters. The van der Waals surface area contributed by atoms with E-state index in [4.69, 9.17) is 14.5 Å². The van der Waals surface area contributed by atoms with E-state index >= 15 is 0 Å². The first-order valence-corrected chi connectivity index (χ1v) is 9.02. The second-order valence-corrected chi connectivity index (χ2v) is 6.77. The van der Waals surface area contributed by atoms with Gasteiger partial charge in [0.1, 0.15) is 11.5 Å². The minimum atomic E-state index is 0.367. The second kappa shape index (κ2) is 7.32. The summed E-state index contributed by atoms with van der Waals surface area (Å²) in [5.41, 5.74) is 2.40. The Balaban J connectivity index is 1.83. The largest absolute Gasteiger partial charge is 0.497 e. The summed E-state index contributed by atoms with van der Waals surface area (Å²) in [4.78, 5) is 7.22. The number of thiazole rings is 1. The van der Waals surface area contributed by atoms with Crippen molar-refractivity contribution in [2.45, 2.75) is 38.8 Å². The van der Waals surface area contributed by atoms with Gasteiger partial charge in [0.2, 0.25) is 0 Å². The first kappa shape index (κ1) is 16.3. The number of nitrogens with zero attached hydrogens (tertiary/aromatic N) is 2. The van der Waals surface area contributed by atoms with Gasteiger partial charge >= 0.3 is 0 Å². The molecule has 124 valence electrons. The number of benzene rings is 1. The van der Waals surface area contributed by atoms with Crippen LogP contribution in [0.25, 0.3) is 0 Å². The van der Waals surface area contributed by atoms with Gasteiger partial charge in [-0.2, -0.15) is 0 Å². The molecular weight excluding hydrogens is 308 g/mol. The van der Waals surface area contributed by atoms with Crippen molar-refractivity contribution in [2.75, 3.05) is 20.8 Å². The summed E-state index contributed by atoms with van der Waals surface area (Å²) in [5.74, 6) is 1.82. The van der Waals surface area contributed by atoms with Gasteiger partial charge in [-0.05, 0) is 44.0 Å². The van der Waals surface area contributed by atoms with Gasteiger partial charge in [0.05, 0.1) is 24.9 Å². The molecule has 0 saturated carbocycles. The highest BCUT2D eigenvalue weighted by atomic mass is 32.1. The number of aromatic nitrogens is 1. The summed E-state index contributed by atoms with van der Waals surface area (Å²) < 4.78 is 11.0. The number of hydrogen-bond donors (Lipinski definition) is 0. The molecule has 0 amide bonds. The molecule has 1 fully saturated rings. The van der Waals surface area contributed by atoms with Crippen molar-refractivity contribution in [1.29, 1.82) is 0 Å². The summed E-state index contributed by atoms with van der Waals surface area (Å²) in [7, 11) is 3.44. The fourth-order valence-corrected chi connectivity index (χ4v) is 4.00. The van der Waals surface area contributed by atoms with E-state index in [1.165, 1.54) is 22.7 Å². The minimum absolute atomic E-state index is 0.367. The van der Waals surface area contributed by atoms with Crippen molar-refractivity contribution in [3.63, 3.8) is 0 Å². The van der Waals surface area contributed by atoms with E-state index in [1.807, 2.05) is 12.1 Å². The number of hydrogen-bond acceptors (Lipinski definition) is 5. The lowest BCUT2D eigenvalue weighted by Gasteiger charge is -2.25. The predicted molar refractivity (Wildman–Crippen MR) is 93.4 cm³/mol.